The Bertz CT molecular complexity index is 687. The first-order valence-corrected chi connectivity index (χ1v) is 6.14. The quantitative estimate of drug-likeness (QED) is 0.725. The van der Waals surface area contributed by atoms with Gasteiger partial charge >= 0.3 is 0 Å². The van der Waals surface area contributed by atoms with Crippen molar-refractivity contribution in [1.29, 1.82) is 0 Å². The standard InChI is InChI=1S/C16H14N2O/c17-13-7-5-12(6-8-13)11-19-16-9-10-18-15-4-2-1-3-14(15)16/h1-10H,11,17H2. The number of hydrogen-bond acceptors (Lipinski definition) is 3. The van der Waals surface area contributed by atoms with Crippen molar-refractivity contribution >= 4 is 16.6 Å². The Balaban J connectivity index is 1.84. The molecular formula is C16H14N2O. The van der Waals surface area contributed by atoms with Gasteiger partial charge in [0.2, 0.25) is 0 Å². The van der Waals surface area contributed by atoms with E-state index in [2.05, 4.69) is 4.98 Å². The molecule has 1 heterocycles. The SMILES string of the molecule is Nc1ccc(COc2ccnc3ccccc23)cc1. The molecule has 1 aromatic heterocycles. The van der Waals surface area contributed by atoms with E-state index in [0.717, 1.165) is 27.9 Å². The molecule has 0 aliphatic rings. The van der Waals surface area contributed by atoms with E-state index < -0.39 is 0 Å². The zero-order valence-corrected chi connectivity index (χ0v) is 10.4. The highest BCUT2D eigenvalue weighted by Gasteiger charge is 2.02. The summed E-state index contributed by atoms with van der Waals surface area (Å²) in [6.45, 7) is 0.522. The van der Waals surface area contributed by atoms with E-state index in [4.69, 9.17) is 10.5 Å². The fraction of sp³-hybridized carbons (Fsp3) is 0.0625. The Labute approximate surface area is 111 Å². The van der Waals surface area contributed by atoms with E-state index in [-0.39, 0.29) is 0 Å². The Hall–Kier alpha value is -2.55. The lowest BCUT2D eigenvalue weighted by atomic mass is 10.2. The van der Waals surface area contributed by atoms with Crippen molar-refractivity contribution in [3.63, 3.8) is 0 Å². The summed E-state index contributed by atoms with van der Waals surface area (Å²) in [4.78, 5) is 4.31. The van der Waals surface area contributed by atoms with Gasteiger partial charge in [0.15, 0.2) is 0 Å². The summed E-state index contributed by atoms with van der Waals surface area (Å²) in [6.07, 6.45) is 1.76. The number of nitrogen functional groups attached to an aromatic ring is 1. The van der Waals surface area contributed by atoms with E-state index in [1.165, 1.54) is 0 Å². The Morgan fingerprint density at radius 2 is 1.74 bits per heavy atom. The van der Waals surface area contributed by atoms with Crippen LogP contribution in [0.2, 0.25) is 0 Å². The molecule has 0 radical (unpaired) electrons. The predicted molar refractivity (Wildman–Crippen MR) is 76.9 cm³/mol. The summed E-state index contributed by atoms with van der Waals surface area (Å²) in [6, 6.07) is 17.5. The number of ether oxygens (including phenoxy) is 1. The van der Waals surface area contributed by atoms with E-state index >= 15 is 0 Å². The third kappa shape index (κ3) is 2.50. The van der Waals surface area contributed by atoms with E-state index in [9.17, 15) is 0 Å². The van der Waals surface area contributed by atoms with Crippen LogP contribution in [-0.2, 0) is 6.61 Å². The number of nitrogens with zero attached hydrogens (tertiary/aromatic N) is 1. The lowest BCUT2D eigenvalue weighted by Crippen LogP contribution is -1.96. The Morgan fingerprint density at radius 1 is 0.947 bits per heavy atom. The molecule has 94 valence electrons. The summed E-state index contributed by atoms with van der Waals surface area (Å²) in [5, 5.41) is 1.03. The molecule has 2 N–H and O–H groups in total. The maximum Gasteiger partial charge on any atom is 0.130 e. The van der Waals surface area contributed by atoms with Crippen LogP contribution in [0.4, 0.5) is 5.69 Å². The molecule has 3 heteroatoms. The average Bonchev–Trinajstić information content (AvgIpc) is 2.47. The normalized spacial score (nSPS) is 10.5. The smallest absolute Gasteiger partial charge is 0.130 e. The minimum atomic E-state index is 0.522. The lowest BCUT2D eigenvalue weighted by Gasteiger charge is -2.09. The van der Waals surface area contributed by atoms with Gasteiger partial charge in [-0.25, -0.2) is 0 Å². The minimum Gasteiger partial charge on any atom is -0.488 e. The summed E-state index contributed by atoms with van der Waals surface area (Å²) >= 11 is 0. The zero-order valence-electron chi connectivity index (χ0n) is 10.4. The molecule has 0 spiro atoms. The van der Waals surface area contributed by atoms with E-state index in [1.807, 2.05) is 54.6 Å². The van der Waals surface area contributed by atoms with Crippen LogP contribution < -0.4 is 10.5 Å². The van der Waals surface area contributed by atoms with Crippen molar-refractivity contribution in [3.8, 4) is 5.75 Å². The fourth-order valence-electron chi connectivity index (χ4n) is 1.97. The number of aromatic nitrogens is 1. The van der Waals surface area contributed by atoms with Gasteiger partial charge in [-0.05, 0) is 35.9 Å². The van der Waals surface area contributed by atoms with Gasteiger partial charge in [-0.1, -0.05) is 24.3 Å². The minimum absolute atomic E-state index is 0.522. The van der Waals surface area contributed by atoms with Gasteiger partial charge in [0, 0.05) is 17.3 Å². The average molecular weight is 250 g/mol. The molecule has 2 aromatic carbocycles. The molecule has 0 unspecified atom stereocenters. The monoisotopic (exact) mass is 250 g/mol. The molecule has 3 nitrogen and oxygen atoms in total. The van der Waals surface area contributed by atoms with Crippen molar-refractivity contribution < 1.29 is 4.74 Å². The Kier molecular flexibility index (Phi) is 3.02. The molecule has 0 saturated carbocycles. The third-order valence-corrected chi connectivity index (χ3v) is 2.98. The molecule has 0 aliphatic carbocycles. The van der Waals surface area contributed by atoms with E-state index in [0.29, 0.717) is 6.61 Å². The third-order valence-electron chi connectivity index (χ3n) is 2.98. The van der Waals surface area contributed by atoms with Crippen LogP contribution >= 0.6 is 0 Å². The number of fused-ring (bicyclic) bond motifs is 1. The molecule has 19 heavy (non-hydrogen) atoms. The van der Waals surface area contributed by atoms with Crippen molar-refractivity contribution in [2.45, 2.75) is 6.61 Å². The predicted octanol–water partition coefficient (Wildman–Crippen LogP) is 3.40. The second kappa shape index (κ2) is 4.98. The summed E-state index contributed by atoms with van der Waals surface area (Å²) in [5.74, 6) is 0.849. The largest absolute Gasteiger partial charge is 0.488 e. The summed E-state index contributed by atoms with van der Waals surface area (Å²) < 4.78 is 5.86. The Morgan fingerprint density at radius 3 is 2.58 bits per heavy atom. The van der Waals surface area contributed by atoms with Crippen LogP contribution in [-0.4, -0.2) is 4.98 Å². The van der Waals surface area contributed by atoms with Gasteiger partial charge < -0.3 is 10.5 Å². The molecule has 0 atom stereocenters. The van der Waals surface area contributed by atoms with Crippen molar-refractivity contribution in [3.05, 3.63) is 66.4 Å². The van der Waals surface area contributed by atoms with Gasteiger partial charge in [0.25, 0.3) is 0 Å². The van der Waals surface area contributed by atoms with Crippen LogP contribution in [0.1, 0.15) is 5.56 Å². The molecule has 3 rings (SSSR count). The topological polar surface area (TPSA) is 48.1 Å². The van der Waals surface area contributed by atoms with Gasteiger partial charge in [-0.15, -0.1) is 0 Å². The highest BCUT2D eigenvalue weighted by Crippen LogP contribution is 2.24. The number of rotatable bonds is 3. The van der Waals surface area contributed by atoms with Crippen LogP contribution in [0.5, 0.6) is 5.75 Å². The zero-order chi connectivity index (χ0) is 13.1. The number of hydrogen-bond donors (Lipinski definition) is 1. The number of para-hydroxylation sites is 1. The molecule has 0 bridgehead atoms. The van der Waals surface area contributed by atoms with Crippen LogP contribution in [0.25, 0.3) is 10.9 Å². The second-order valence-electron chi connectivity index (χ2n) is 4.36. The maximum absolute atomic E-state index is 5.86. The molecule has 0 saturated heterocycles. The number of anilines is 1. The molecule has 3 aromatic rings. The second-order valence-corrected chi connectivity index (χ2v) is 4.36. The van der Waals surface area contributed by atoms with Crippen LogP contribution in [0, 0.1) is 0 Å². The summed E-state index contributed by atoms with van der Waals surface area (Å²) in [5.41, 5.74) is 8.46. The molecule has 0 amide bonds. The molecule has 0 fully saturated rings. The fourth-order valence-corrected chi connectivity index (χ4v) is 1.97. The van der Waals surface area contributed by atoms with Crippen molar-refractivity contribution in [2.24, 2.45) is 0 Å². The first-order valence-electron chi connectivity index (χ1n) is 6.14. The highest BCUT2D eigenvalue weighted by molar-refractivity contribution is 5.84. The molecule has 0 aliphatic heterocycles. The number of pyridine rings is 1. The van der Waals surface area contributed by atoms with Crippen LogP contribution in [0.15, 0.2) is 60.8 Å². The van der Waals surface area contributed by atoms with E-state index in [1.54, 1.807) is 6.20 Å². The summed E-state index contributed by atoms with van der Waals surface area (Å²) in [7, 11) is 0. The lowest BCUT2D eigenvalue weighted by molar-refractivity contribution is 0.310. The van der Waals surface area contributed by atoms with Crippen molar-refractivity contribution in [2.75, 3.05) is 5.73 Å². The molecular weight excluding hydrogens is 236 g/mol. The first kappa shape index (κ1) is 11.5. The number of nitrogens with two attached hydrogens (primary N) is 1. The maximum atomic E-state index is 5.86. The first-order chi connectivity index (χ1) is 9.33. The van der Waals surface area contributed by atoms with Gasteiger partial charge in [-0.3, -0.25) is 4.98 Å². The number of benzene rings is 2. The highest BCUT2D eigenvalue weighted by atomic mass is 16.5. The van der Waals surface area contributed by atoms with Crippen molar-refractivity contribution in [1.82, 2.24) is 4.98 Å². The van der Waals surface area contributed by atoms with Gasteiger partial charge in [0.05, 0.1) is 5.52 Å². The van der Waals surface area contributed by atoms with Gasteiger partial charge in [0.1, 0.15) is 12.4 Å². The van der Waals surface area contributed by atoms with Crippen LogP contribution in [0.3, 0.4) is 0 Å². The van der Waals surface area contributed by atoms with Gasteiger partial charge in [-0.2, -0.15) is 0 Å².